The number of methoxy groups -OCH3 is 1. The highest BCUT2D eigenvalue weighted by molar-refractivity contribution is 6.11. The summed E-state index contributed by atoms with van der Waals surface area (Å²) in [5.41, 5.74) is 1.68. The second-order valence-electron chi connectivity index (χ2n) is 9.59. The number of rotatable bonds is 9. The average Bonchev–Trinajstić information content (AvgIpc) is 3.13. The van der Waals surface area contributed by atoms with Crippen LogP contribution in [0.25, 0.3) is 6.08 Å². The van der Waals surface area contributed by atoms with Gasteiger partial charge in [0, 0.05) is 52.7 Å². The summed E-state index contributed by atoms with van der Waals surface area (Å²) in [6, 6.07) is 17.8. The molecule has 7 heteroatoms. The van der Waals surface area contributed by atoms with Gasteiger partial charge in [-0.1, -0.05) is 66.7 Å². The zero-order valence-electron chi connectivity index (χ0n) is 21.2. The molecular weight excluding hydrogens is 454 g/mol. The molecule has 0 bridgehead atoms. The van der Waals surface area contributed by atoms with Gasteiger partial charge in [-0.15, -0.1) is 0 Å². The molecule has 4 rings (SSSR count). The number of aryl methyl sites for hydroxylation is 1. The SMILES string of the molecule is COCCN1C(=O)CC(CC(=O)N2CCN(C/C=C/c3ccccc3)CC2)(c2ccccc2C)C1=O. The first-order valence-corrected chi connectivity index (χ1v) is 12.6. The zero-order chi connectivity index (χ0) is 25.5. The van der Waals surface area contributed by atoms with Crippen molar-refractivity contribution >= 4 is 23.8 Å². The number of benzene rings is 2. The van der Waals surface area contributed by atoms with Crippen LogP contribution in [-0.2, 0) is 24.5 Å². The minimum Gasteiger partial charge on any atom is -0.383 e. The summed E-state index contributed by atoms with van der Waals surface area (Å²) in [6.07, 6.45) is 4.27. The van der Waals surface area contributed by atoms with E-state index in [1.807, 2.05) is 54.3 Å². The molecule has 0 N–H and O–H groups in total. The maximum atomic E-state index is 13.7. The molecule has 1 atom stereocenters. The topological polar surface area (TPSA) is 70.2 Å². The molecule has 1 unspecified atom stereocenters. The predicted molar refractivity (Wildman–Crippen MR) is 139 cm³/mol. The van der Waals surface area contributed by atoms with Gasteiger partial charge in [0.1, 0.15) is 0 Å². The molecule has 0 aromatic heterocycles. The summed E-state index contributed by atoms with van der Waals surface area (Å²) in [5, 5.41) is 0. The van der Waals surface area contributed by atoms with E-state index in [1.165, 1.54) is 10.5 Å². The lowest BCUT2D eigenvalue weighted by molar-refractivity contribution is -0.143. The second kappa shape index (κ2) is 11.6. The van der Waals surface area contributed by atoms with Gasteiger partial charge in [0.25, 0.3) is 0 Å². The van der Waals surface area contributed by atoms with Crippen LogP contribution in [0.1, 0.15) is 29.5 Å². The van der Waals surface area contributed by atoms with Gasteiger partial charge < -0.3 is 9.64 Å². The summed E-state index contributed by atoms with van der Waals surface area (Å²) >= 11 is 0. The van der Waals surface area contributed by atoms with Gasteiger partial charge in [0.2, 0.25) is 17.7 Å². The Hall–Kier alpha value is -3.29. The number of nitrogens with zero attached hydrogens (tertiary/aromatic N) is 3. The van der Waals surface area contributed by atoms with Crippen molar-refractivity contribution in [3.05, 3.63) is 77.4 Å². The minimum absolute atomic E-state index is 0.000180. The highest BCUT2D eigenvalue weighted by atomic mass is 16.5. The van der Waals surface area contributed by atoms with Crippen molar-refractivity contribution in [2.24, 2.45) is 0 Å². The molecule has 7 nitrogen and oxygen atoms in total. The second-order valence-corrected chi connectivity index (χ2v) is 9.59. The molecular formula is C29H35N3O4. The largest absolute Gasteiger partial charge is 0.383 e. The molecule has 2 aromatic rings. The Kier molecular flexibility index (Phi) is 8.33. The van der Waals surface area contributed by atoms with Crippen molar-refractivity contribution in [3.63, 3.8) is 0 Å². The molecule has 36 heavy (non-hydrogen) atoms. The third kappa shape index (κ3) is 5.58. The van der Waals surface area contributed by atoms with E-state index < -0.39 is 5.41 Å². The summed E-state index contributed by atoms with van der Waals surface area (Å²) in [7, 11) is 1.54. The number of carbonyl (C=O) groups excluding carboxylic acids is 3. The predicted octanol–water partition coefficient (Wildman–Crippen LogP) is 2.89. The Morgan fingerprint density at radius 1 is 1.00 bits per heavy atom. The Labute approximate surface area is 213 Å². The van der Waals surface area contributed by atoms with Crippen molar-refractivity contribution in [1.29, 1.82) is 0 Å². The number of hydrogen-bond donors (Lipinski definition) is 0. The quantitative estimate of drug-likeness (QED) is 0.507. The highest BCUT2D eigenvalue weighted by Crippen LogP contribution is 2.41. The normalized spacial score (nSPS) is 21.1. The summed E-state index contributed by atoms with van der Waals surface area (Å²) in [6.45, 7) is 5.99. The van der Waals surface area contributed by atoms with E-state index in [-0.39, 0.29) is 43.7 Å². The van der Waals surface area contributed by atoms with Crippen LogP contribution in [0.5, 0.6) is 0 Å². The third-order valence-corrected chi connectivity index (χ3v) is 7.24. The van der Waals surface area contributed by atoms with E-state index in [9.17, 15) is 14.4 Å². The lowest BCUT2D eigenvalue weighted by Gasteiger charge is -2.36. The van der Waals surface area contributed by atoms with Crippen LogP contribution in [0.2, 0.25) is 0 Å². The van der Waals surface area contributed by atoms with E-state index in [4.69, 9.17) is 4.74 Å². The van der Waals surface area contributed by atoms with Crippen molar-refractivity contribution in [3.8, 4) is 0 Å². The zero-order valence-corrected chi connectivity index (χ0v) is 21.2. The van der Waals surface area contributed by atoms with E-state index in [1.54, 1.807) is 7.11 Å². The number of imide groups is 1. The van der Waals surface area contributed by atoms with Crippen LogP contribution >= 0.6 is 0 Å². The van der Waals surface area contributed by atoms with Crippen LogP contribution in [0.3, 0.4) is 0 Å². The first-order chi connectivity index (χ1) is 17.4. The van der Waals surface area contributed by atoms with E-state index in [0.717, 1.165) is 30.8 Å². The Morgan fingerprint density at radius 3 is 2.39 bits per heavy atom. The highest BCUT2D eigenvalue weighted by Gasteiger charge is 2.54. The molecule has 0 radical (unpaired) electrons. The molecule has 2 aliphatic rings. The average molecular weight is 490 g/mol. The molecule has 0 saturated carbocycles. The maximum Gasteiger partial charge on any atom is 0.240 e. The van der Waals surface area contributed by atoms with Gasteiger partial charge in [-0.05, 0) is 23.6 Å². The molecule has 2 heterocycles. The van der Waals surface area contributed by atoms with E-state index in [2.05, 4.69) is 29.2 Å². The summed E-state index contributed by atoms with van der Waals surface area (Å²) < 4.78 is 5.11. The van der Waals surface area contributed by atoms with E-state index >= 15 is 0 Å². The summed E-state index contributed by atoms with van der Waals surface area (Å²) in [5.74, 6) is -0.618. The van der Waals surface area contributed by atoms with Crippen molar-refractivity contribution in [2.75, 3.05) is 53.0 Å². The van der Waals surface area contributed by atoms with Crippen molar-refractivity contribution in [2.45, 2.75) is 25.2 Å². The molecule has 2 aliphatic heterocycles. The monoisotopic (exact) mass is 489 g/mol. The first kappa shape index (κ1) is 25.8. The van der Waals surface area contributed by atoms with Gasteiger partial charge in [-0.2, -0.15) is 0 Å². The fourth-order valence-electron chi connectivity index (χ4n) is 5.22. The number of amides is 3. The number of likely N-dealkylation sites (tertiary alicyclic amines) is 1. The van der Waals surface area contributed by atoms with Gasteiger partial charge in [-0.25, -0.2) is 0 Å². The van der Waals surface area contributed by atoms with Gasteiger partial charge in [-0.3, -0.25) is 24.2 Å². The number of piperazine rings is 1. The summed E-state index contributed by atoms with van der Waals surface area (Å²) in [4.78, 5) is 45.5. The number of ether oxygens (including phenoxy) is 1. The van der Waals surface area contributed by atoms with Crippen LogP contribution in [0.4, 0.5) is 0 Å². The minimum atomic E-state index is -1.16. The standard InChI is InChI=1S/C29H35N3O4/c1-23-9-6-7-13-25(23)29(22-27(34)32(28(29)35)19-20-36-2)21-26(33)31-17-15-30(16-18-31)14-8-12-24-10-4-3-5-11-24/h3-13H,14-22H2,1-2H3/b12-8+. The molecule has 2 saturated heterocycles. The molecule has 2 fully saturated rings. The molecule has 0 aliphatic carbocycles. The van der Waals surface area contributed by atoms with Crippen molar-refractivity contribution in [1.82, 2.24) is 14.7 Å². The molecule has 190 valence electrons. The number of carbonyl (C=O) groups is 3. The van der Waals surface area contributed by atoms with Crippen LogP contribution < -0.4 is 0 Å². The molecule has 2 aromatic carbocycles. The lowest BCUT2D eigenvalue weighted by atomic mass is 9.74. The lowest BCUT2D eigenvalue weighted by Crippen LogP contribution is -2.51. The van der Waals surface area contributed by atoms with E-state index in [0.29, 0.717) is 13.1 Å². The van der Waals surface area contributed by atoms with Crippen LogP contribution in [-0.4, -0.2) is 85.4 Å². The Balaban J connectivity index is 1.43. The fraction of sp³-hybridized carbons (Fsp3) is 0.414. The van der Waals surface area contributed by atoms with Gasteiger partial charge in [0.15, 0.2) is 0 Å². The Bertz CT molecular complexity index is 1110. The van der Waals surface area contributed by atoms with Crippen LogP contribution in [0.15, 0.2) is 60.7 Å². The van der Waals surface area contributed by atoms with Gasteiger partial charge in [0.05, 0.1) is 18.6 Å². The van der Waals surface area contributed by atoms with Crippen molar-refractivity contribution < 1.29 is 19.1 Å². The first-order valence-electron chi connectivity index (χ1n) is 12.6. The fourth-order valence-corrected chi connectivity index (χ4v) is 5.22. The molecule has 0 spiro atoms. The maximum absolute atomic E-state index is 13.7. The Morgan fingerprint density at radius 2 is 1.69 bits per heavy atom. The molecule has 3 amide bonds. The third-order valence-electron chi connectivity index (χ3n) is 7.24. The van der Waals surface area contributed by atoms with Gasteiger partial charge >= 0.3 is 0 Å². The smallest absolute Gasteiger partial charge is 0.240 e. The van der Waals surface area contributed by atoms with Crippen LogP contribution in [0, 0.1) is 6.92 Å². The number of hydrogen-bond acceptors (Lipinski definition) is 5.